The maximum Gasteiger partial charge on any atom is 0.106 e. The summed E-state index contributed by atoms with van der Waals surface area (Å²) < 4.78 is 0.901. The van der Waals surface area contributed by atoms with Gasteiger partial charge in [0.1, 0.15) is 4.60 Å². The van der Waals surface area contributed by atoms with E-state index in [0.717, 1.165) is 17.7 Å². The lowest BCUT2D eigenvalue weighted by Crippen LogP contribution is -2.43. The molecule has 1 saturated heterocycles. The standard InChI is InChI=1S/C12H18BrN3.ClH/c1-16(11-3-2-6-14-8-11)9-10-4-5-12(13)15-7-10;/h4-5,7,11,14H,2-3,6,8-9H2,1H3;1H/t11-;/m1./s1. The first-order valence-electron chi connectivity index (χ1n) is 5.77. The van der Waals surface area contributed by atoms with Gasteiger partial charge in [-0.15, -0.1) is 12.4 Å². The number of pyridine rings is 1. The monoisotopic (exact) mass is 319 g/mol. The van der Waals surface area contributed by atoms with Gasteiger partial charge >= 0.3 is 0 Å². The molecule has 0 bridgehead atoms. The Morgan fingerprint density at radius 1 is 1.53 bits per heavy atom. The normalized spacial score (nSPS) is 20.1. The van der Waals surface area contributed by atoms with Gasteiger partial charge in [0.05, 0.1) is 0 Å². The molecule has 1 aliphatic rings. The molecule has 96 valence electrons. The van der Waals surface area contributed by atoms with Crippen molar-refractivity contribution in [1.82, 2.24) is 15.2 Å². The zero-order chi connectivity index (χ0) is 11.4. The highest BCUT2D eigenvalue weighted by atomic mass is 79.9. The fourth-order valence-corrected chi connectivity index (χ4v) is 2.36. The Bertz CT molecular complexity index is 325. The zero-order valence-electron chi connectivity index (χ0n) is 10.0. The second-order valence-electron chi connectivity index (χ2n) is 4.40. The van der Waals surface area contributed by atoms with Crippen molar-refractivity contribution in [3.8, 4) is 0 Å². The molecule has 0 radical (unpaired) electrons. The van der Waals surface area contributed by atoms with Gasteiger partial charge in [-0.1, -0.05) is 6.07 Å². The van der Waals surface area contributed by atoms with Gasteiger partial charge in [-0.2, -0.15) is 0 Å². The summed E-state index contributed by atoms with van der Waals surface area (Å²) in [5.74, 6) is 0. The minimum atomic E-state index is 0. The van der Waals surface area contributed by atoms with Crippen molar-refractivity contribution in [2.45, 2.75) is 25.4 Å². The predicted octanol–water partition coefficient (Wildman–Crippen LogP) is 2.45. The topological polar surface area (TPSA) is 28.2 Å². The summed E-state index contributed by atoms with van der Waals surface area (Å²) in [5, 5.41) is 3.45. The van der Waals surface area contributed by atoms with Crippen LogP contribution in [0.4, 0.5) is 0 Å². The van der Waals surface area contributed by atoms with Gasteiger partial charge < -0.3 is 5.32 Å². The van der Waals surface area contributed by atoms with Crippen LogP contribution in [0, 0.1) is 0 Å². The van der Waals surface area contributed by atoms with Crippen LogP contribution in [0.15, 0.2) is 22.9 Å². The third kappa shape index (κ3) is 4.54. The number of nitrogens with one attached hydrogen (secondary N) is 1. The molecule has 2 rings (SSSR count). The van der Waals surface area contributed by atoms with E-state index < -0.39 is 0 Å². The maximum absolute atomic E-state index is 4.25. The maximum atomic E-state index is 4.25. The third-order valence-electron chi connectivity index (χ3n) is 3.11. The van der Waals surface area contributed by atoms with Gasteiger partial charge in [0.25, 0.3) is 0 Å². The van der Waals surface area contributed by atoms with E-state index in [4.69, 9.17) is 0 Å². The van der Waals surface area contributed by atoms with E-state index in [-0.39, 0.29) is 12.4 Å². The highest BCUT2D eigenvalue weighted by Gasteiger charge is 2.17. The summed E-state index contributed by atoms with van der Waals surface area (Å²) >= 11 is 3.35. The predicted molar refractivity (Wildman–Crippen MR) is 76.5 cm³/mol. The molecule has 1 N–H and O–H groups in total. The minimum absolute atomic E-state index is 0. The van der Waals surface area contributed by atoms with Gasteiger partial charge in [0, 0.05) is 25.3 Å². The molecular formula is C12H19BrClN3. The Kier molecular flexibility index (Phi) is 6.41. The molecule has 0 aliphatic carbocycles. The van der Waals surface area contributed by atoms with Gasteiger partial charge in [0.15, 0.2) is 0 Å². The summed E-state index contributed by atoms with van der Waals surface area (Å²) in [6.45, 7) is 3.26. The minimum Gasteiger partial charge on any atom is -0.315 e. The van der Waals surface area contributed by atoms with Gasteiger partial charge in [-0.05, 0) is 54.0 Å². The van der Waals surface area contributed by atoms with Crippen molar-refractivity contribution in [3.05, 3.63) is 28.5 Å². The Morgan fingerprint density at radius 2 is 2.35 bits per heavy atom. The smallest absolute Gasteiger partial charge is 0.106 e. The van der Waals surface area contributed by atoms with Crippen LogP contribution in [0.25, 0.3) is 0 Å². The summed E-state index contributed by atoms with van der Waals surface area (Å²) in [5.41, 5.74) is 1.27. The number of aromatic nitrogens is 1. The summed E-state index contributed by atoms with van der Waals surface area (Å²) in [4.78, 5) is 6.67. The highest BCUT2D eigenvalue weighted by molar-refractivity contribution is 9.10. The first-order valence-corrected chi connectivity index (χ1v) is 6.56. The SMILES string of the molecule is CN(Cc1ccc(Br)nc1)[C@@H]1CCCNC1.Cl. The summed E-state index contributed by atoms with van der Waals surface area (Å²) in [6.07, 6.45) is 4.53. The molecule has 17 heavy (non-hydrogen) atoms. The third-order valence-corrected chi connectivity index (χ3v) is 3.58. The molecule has 3 nitrogen and oxygen atoms in total. The number of nitrogens with zero attached hydrogens (tertiary/aromatic N) is 2. The number of hydrogen-bond donors (Lipinski definition) is 1. The highest BCUT2D eigenvalue weighted by Crippen LogP contribution is 2.13. The fourth-order valence-electron chi connectivity index (χ4n) is 2.13. The molecule has 0 saturated carbocycles. The lowest BCUT2D eigenvalue weighted by atomic mass is 10.1. The van der Waals surface area contributed by atoms with E-state index in [1.165, 1.54) is 24.9 Å². The van der Waals surface area contributed by atoms with Crippen LogP contribution in [0.5, 0.6) is 0 Å². The first kappa shape index (κ1) is 14.9. The molecule has 1 aliphatic heterocycles. The van der Waals surface area contributed by atoms with Crippen molar-refractivity contribution in [2.24, 2.45) is 0 Å². The lowest BCUT2D eigenvalue weighted by molar-refractivity contribution is 0.195. The molecule has 1 fully saturated rings. The molecule has 5 heteroatoms. The molecule has 1 atom stereocenters. The average Bonchev–Trinajstić information content (AvgIpc) is 2.33. The molecule has 0 amide bonds. The van der Waals surface area contributed by atoms with Crippen LogP contribution < -0.4 is 5.32 Å². The summed E-state index contributed by atoms with van der Waals surface area (Å²) in [7, 11) is 2.19. The Balaban J connectivity index is 0.00000144. The van der Waals surface area contributed by atoms with E-state index in [2.05, 4.69) is 44.2 Å². The van der Waals surface area contributed by atoms with Crippen LogP contribution >= 0.6 is 28.3 Å². The van der Waals surface area contributed by atoms with Gasteiger partial charge in [-0.3, -0.25) is 4.90 Å². The number of likely N-dealkylation sites (N-methyl/N-ethyl adjacent to an activating group) is 1. The van der Waals surface area contributed by atoms with Crippen molar-refractivity contribution < 1.29 is 0 Å². The van der Waals surface area contributed by atoms with Gasteiger partial charge in [0.2, 0.25) is 0 Å². The van der Waals surface area contributed by atoms with Crippen molar-refractivity contribution in [2.75, 3.05) is 20.1 Å². The zero-order valence-corrected chi connectivity index (χ0v) is 12.4. The van der Waals surface area contributed by atoms with Crippen LogP contribution in [0.1, 0.15) is 18.4 Å². The molecule has 1 aromatic heterocycles. The van der Waals surface area contributed by atoms with E-state index in [9.17, 15) is 0 Å². The van der Waals surface area contributed by atoms with Crippen LogP contribution in [-0.2, 0) is 6.54 Å². The largest absolute Gasteiger partial charge is 0.315 e. The fraction of sp³-hybridized carbons (Fsp3) is 0.583. The second-order valence-corrected chi connectivity index (χ2v) is 5.22. The molecule has 2 heterocycles. The molecule has 1 aromatic rings. The number of rotatable bonds is 3. The Labute approximate surface area is 118 Å². The number of piperidine rings is 1. The van der Waals surface area contributed by atoms with Crippen molar-refractivity contribution in [3.63, 3.8) is 0 Å². The molecule has 0 aromatic carbocycles. The number of hydrogen-bond acceptors (Lipinski definition) is 3. The van der Waals surface area contributed by atoms with E-state index >= 15 is 0 Å². The molecule has 0 spiro atoms. The van der Waals surface area contributed by atoms with Crippen molar-refractivity contribution >= 4 is 28.3 Å². The average molecular weight is 321 g/mol. The van der Waals surface area contributed by atoms with E-state index in [0.29, 0.717) is 6.04 Å². The van der Waals surface area contributed by atoms with Crippen LogP contribution in [0.2, 0.25) is 0 Å². The first-order chi connectivity index (χ1) is 7.75. The lowest BCUT2D eigenvalue weighted by Gasteiger charge is -2.31. The number of halogens is 2. The van der Waals surface area contributed by atoms with Gasteiger partial charge in [-0.25, -0.2) is 4.98 Å². The molecular weight excluding hydrogens is 302 g/mol. The van der Waals surface area contributed by atoms with E-state index in [1.807, 2.05) is 12.3 Å². The summed E-state index contributed by atoms with van der Waals surface area (Å²) in [6, 6.07) is 4.80. The van der Waals surface area contributed by atoms with E-state index in [1.54, 1.807) is 0 Å². The Hall–Kier alpha value is -0.160. The van der Waals surface area contributed by atoms with Crippen molar-refractivity contribution in [1.29, 1.82) is 0 Å². The van der Waals surface area contributed by atoms with Crippen LogP contribution in [-0.4, -0.2) is 36.1 Å². The van der Waals surface area contributed by atoms with Crippen LogP contribution in [0.3, 0.4) is 0 Å². The molecule has 0 unspecified atom stereocenters. The second kappa shape index (κ2) is 7.31. The quantitative estimate of drug-likeness (QED) is 0.867. The Morgan fingerprint density at radius 3 is 2.94 bits per heavy atom.